The lowest BCUT2D eigenvalue weighted by Gasteiger charge is -2.13. The van der Waals surface area contributed by atoms with Crippen LogP contribution in [0.4, 0.5) is 0 Å². The molecule has 0 spiro atoms. The van der Waals surface area contributed by atoms with Gasteiger partial charge in [0.25, 0.3) is 0 Å². The molecule has 82 valence electrons. The second kappa shape index (κ2) is 4.14. The van der Waals surface area contributed by atoms with E-state index in [0.29, 0.717) is 0 Å². The Kier molecular flexibility index (Phi) is 3.03. The Bertz CT molecular complexity index is 359. The summed E-state index contributed by atoms with van der Waals surface area (Å²) in [5.74, 6) is 0.877. The number of aliphatic hydroxyl groups is 1. The normalized spacial score (nSPS) is 17.5. The quantitative estimate of drug-likeness (QED) is 0.912. The van der Waals surface area contributed by atoms with Crippen LogP contribution in [-0.4, -0.2) is 18.8 Å². The standard InChI is InChI=1S/C12H15BrO2/c1-15-10-2-3-11(13)9(6-10)7-12(8-14)4-5-12/h2-3,6,14H,4-5,7-8H2,1H3. The van der Waals surface area contributed by atoms with Crippen molar-refractivity contribution in [3.8, 4) is 5.75 Å². The van der Waals surface area contributed by atoms with Crippen molar-refractivity contribution in [1.29, 1.82) is 0 Å². The molecule has 1 N–H and O–H groups in total. The highest BCUT2D eigenvalue weighted by atomic mass is 79.9. The van der Waals surface area contributed by atoms with E-state index in [-0.39, 0.29) is 12.0 Å². The third kappa shape index (κ3) is 2.34. The van der Waals surface area contributed by atoms with E-state index in [4.69, 9.17) is 4.74 Å². The predicted molar refractivity (Wildman–Crippen MR) is 63.2 cm³/mol. The van der Waals surface area contributed by atoms with Crippen LogP contribution in [0.1, 0.15) is 18.4 Å². The van der Waals surface area contributed by atoms with Crippen molar-refractivity contribution in [3.05, 3.63) is 28.2 Å². The van der Waals surface area contributed by atoms with Crippen LogP contribution in [0.25, 0.3) is 0 Å². The Morgan fingerprint density at radius 2 is 2.20 bits per heavy atom. The molecule has 1 fully saturated rings. The molecule has 0 atom stereocenters. The summed E-state index contributed by atoms with van der Waals surface area (Å²) in [5.41, 5.74) is 1.37. The van der Waals surface area contributed by atoms with Gasteiger partial charge in [-0.2, -0.15) is 0 Å². The molecule has 2 nitrogen and oxygen atoms in total. The number of halogens is 1. The topological polar surface area (TPSA) is 29.5 Å². The second-order valence-electron chi connectivity index (χ2n) is 4.29. The Morgan fingerprint density at radius 3 is 2.73 bits per heavy atom. The van der Waals surface area contributed by atoms with E-state index < -0.39 is 0 Å². The van der Waals surface area contributed by atoms with Gasteiger partial charge in [0.2, 0.25) is 0 Å². The number of rotatable bonds is 4. The fraction of sp³-hybridized carbons (Fsp3) is 0.500. The molecule has 1 aromatic rings. The van der Waals surface area contributed by atoms with E-state index in [2.05, 4.69) is 15.9 Å². The zero-order chi connectivity index (χ0) is 10.9. The Morgan fingerprint density at radius 1 is 1.47 bits per heavy atom. The van der Waals surface area contributed by atoms with E-state index in [9.17, 15) is 5.11 Å². The summed E-state index contributed by atoms with van der Waals surface area (Å²) in [5, 5.41) is 9.29. The first-order valence-corrected chi connectivity index (χ1v) is 5.92. The van der Waals surface area contributed by atoms with Crippen molar-refractivity contribution in [3.63, 3.8) is 0 Å². The monoisotopic (exact) mass is 270 g/mol. The van der Waals surface area contributed by atoms with Gasteiger partial charge in [-0.15, -0.1) is 0 Å². The molecule has 1 aromatic carbocycles. The van der Waals surface area contributed by atoms with Crippen LogP contribution in [0.15, 0.2) is 22.7 Å². The lowest BCUT2D eigenvalue weighted by molar-refractivity contribution is 0.211. The fourth-order valence-electron chi connectivity index (χ4n) is 1.79. The highest BCUT2D eigenvalue weighted by Gasteiger charge is 2.42. The van der Waals surface area contributed by atoms with Crippen LogP contribution in [0.2, 0.25) is 0 Å². The molecule has 0 unspecified atom stereocenters. The number of hydrogen-bond donors (Lipinski definition) is 1. The first-order chi connectivity index (χ1) is 7.19. The van der Waals surface area contributed by atoms with E-state index in [0.717, 1.165) is 29.5 Å². The molecule has 3 heteroatoms. The van der Waals surface area contributed by atoms with Crippen LogP contribution in [0.5, 0.6) is 5.75 Å². The van der Waals surface area contributed by atoms with E-state index in [1.165, 1.54) is 5.56 Å². The molecule has 0 aliphatic heterocycles. The van der Waals surface area contributed by atoms with Gasteiger partial charge in [-0.05, 0) is 48.4 Å². The predicted octanol–water partition coefficient (Wildman–Crippen LogP) is 2.77. The maximum Gasteiger partial charge on any atom is 0.119 e. The molecule has 0 heterocycles. The third-order valence-corrected chi connectivity index (χ3v) is 3.88. The summed E-state index contributed by atoms with van der Waals surface area (Å²) in [6.45, 7) is 0.288. The molecule has 1 aliphatic rings. The summed E-state index contributed by atoms with van der Waals surface area (Å²) in [6, 6.07) is 5.98. The molecule has 15 heavy (non-hydrogen) atoms. The third-order valence-electron chi connectivity index (χ3n) is 3.11. The van der Waals surface area contributed by atoms with Crippen molar-refractivity contribution >= 4 is 15.9 Å². The second-order valence-corrected chi connectivity index (χ2v) is 5.15. The van der Waals surface area contributed by atoms with Gasteiger partial charge in [-0.1, -0.05) is 15.9 Å². The van der Waals surface area contributed by atoms with Gasteiger partial charge in [0.1, 0.15) is 5.75 Å². The summed E-state index contributed by atoms with van der Waals surface area (Å²) < 4.78 is 6.30. The van der Waals surface area contributed by atoms with Gasteiger partial charge in [-0.3, -0.25) is 0 Å². The average molecular weight is 271 g/mol. The number of hydrogen-bond acceptors (Lipinski definition) is 2. The van der Waals surface area contributed by atoms with Gasteiger partial charge in [0, 0.05) is 11.1 Å². The van der Waals surface area contributed by atoms with Gasteiger partial charge >= 0.3 is 0 Å². The smallest absolute Gasteiger partial charge is 0.119 e. The molecule has 0 amide bonds. The SMILES string of the molecule is COc1ccc(Br)c(CC2(CO)CC2)c1. The lowest BCUT2D eigenvalue weighted by atomic mass is 9.97. The molecule has 0 aromatic heterocycles. The Labute approximate surface area is 98.4 Å². The van der Waals surface area contributed by atoms with E-state index in [1.54, 1.807) is 7.11 Å². The van der Waals surface area contributed by atoms with Crippen molar-refractivity contribution in [2.24, 2.45) is 5.41 Å². The number of methoxy groups -OCH3 is 1. The first-order valence-electron chi connectivity index (χ1n) is 5.12. The molecule has 0 radical (unpaired) electrons. The van der Waals surface area contributed by atoms with Crippen LogP contribution in [0.3, 0.4) is 0 Å². The van der Waals surface area contributed by atoms with Crippen molar-refractivity contribution in [2.45, 2.75) is 19.3 Å². The van der Waals surface area contributed by atoms with Gasteiger partial charge < -0.3 is 9.84 Å². The maximum atomic E-state index is 9.29. The fourth-order valence-corrected chi connectivity index (χ4v) is 2.17. The summed E-state index contributed by atoms with van der Waals surface area (Å²) in [4.78, 5) is 0. The highest BCUT2D eigenvalue weighted by molar-refractivity contribution is 9.10. The zero-order valence-corrected chi connectivity index (χ0v) is 10.4. The summed E-state index contributed by atoms with van der Waals surface area (Å²) in [7, 11) is 1.67. The van der Waals surface area contributed by atoms with Crippen LogP contribution in [0, 0.1) is 5.41 Å². The van der Waals surface area contributed by atoms with Crippen LogP contribution in [-0.2, 0) is 6.42 Å². The number of benzene rings is 1. The molecule has 1 saturated carbocycles. The molecule has 2 rings (SSSR count). The molecule has 0 bridgehead atoms. The Balaban J connectivity index is 2.19. The van der Waals surface area contributed by atoms with Crippen molar-refractivity contribution < 1.29 is 9.84 Å². The molecule has 0 saturated heterocycles. The van der Waals surface area contributed by atoms with Crippen molar-refractivity contribution in [2.75, 3.05) is 13.7 Å². The molecular formula is C12H15BrO2. The number of aliphatic hydroxyl groups excluding tert-OH is 1. The van der Waals surface area contributed by atoms with Crippen LogP contribution >= 0.6 is 15.9 Å². The van der Waals surface area contributed by atoms with Gasteiger partial charge in [0.15, 0.2) is 0 Å². The Hall–Kier alpha value is -0.540. The van der Waals surface area contributed by atoms with Crippen molar-refractivity contribution in [1.82, 2.24) is 0 Å². The summed E-state index contributed by atoms with van der Waals surface area (Å²) in [6.07, 6.45) is 3.20. The molecule has 1 aliphatic carbocycles. The van der Waals surface area contributed by atoms with Gasteiger partial charge in [-0.25, -0.2) is 0 Å². The average Bonchev–Trinajstić information content (AvgIpc) is 3.02. The minimum atomic E-state index is 0.148. The van der Waals surface area contributed by atoms with E-state index in [1.807, 2.05) is 18.2 Å². The summed E-state index contributed by atoms with van der Waals surface area (Å²) >= 11 is 3.53. The number of ether oxygens (including phenoxy) is 1. The first kappa shape index (κ1) is 11.0. The highest BCUT2D eigenvalue weighted by Crippen LogP contribution is 2.48. The zero-order valence-electron chi connectivity index (χ0n) is 8.79. The largest absolute Gasteiger partial charge is 0.497 e. The maximum absolute atomic E-state index is 9.29. The minimum absolute atomic E-state index is 0.148. The molecular weight excluding hydrogens is 256 g/mol. The van der Waals surface area contributed by atoms with E-state index >= 15 is 0 Å². The van der Waals surface area contributed by atoms with Gasteiger partial charge in [0.05, 0.1) is 7.11 Å². The minimum Gasteiger partial charge on any atom is -0.497 e. The lowest BCUT2D eigenvalue weighted by Crippen LogP contribution is -2.10. The van der Waals surface area contributed by atoms with Crippen LogP contribution < -0.4 is 4.74 Å².